The number of ether oxygens (including phenoxy) is 1. The van der Waals surface area contributed by atoms with E-state index in [0.29, 0.717) is 12.6 Å². The second-order valence-electron chi connectivity index (χ2n) is 7.21. The van der Waals surface area contributed by atoms with E-state index in [9.17, 15) is 0 Å². The second kappa shape index (κ2) is 11.6. The van der Waals surface area contributed by atoms with Gasteiger partial charge in [0.25, 0.3) is 0 Å². The molecule has 2 atom stereocenters. The topological polar surface area (TPSA) is 105 Å². The number of halogens is 1. The third-order valence-corrected chi connectivity index (χ3v) is 7.24. The molecular weight excluding hydrogens is 483 g/mol. The van der Waals surface area contributed by atoms with Crippen LogP contribution in [-0.2, 0) is 10.2 Å². The van der Waals surface area contributed by atoms with Crippen LogP contribution >= 0.6 is 0 Å². The second-order valence-corrected chi connectivity index (χ2v) is 10.1. The molecule has 0 fully saturated rings. The Labute approximate surface area is 182 Å². The third kappa shape index (κ3) is 7.00. The number of dihydropyridines is 1. The molecule has 0 bridgehead atoms. The molecule has 2 unspecified atom stereocenters. The number of nitrogens with one attached hydrogen (secondary N) is 2. The molecule has 0 saturated carbocycles. The molecule has 9 heteroatoms. The number of aliphatic imine (C=N–C) groups is 1. The van der Waals surface area contributed by atoms with Crippen molar-refractivity contribution < 1.29 is 31.0 Å². The van der Waals surface area contributed by atoms with Crippen molar-refractivity contribution in [2.45, 2.75) is 44.2 Å². The number of rotatable bonds is 11. The Morgan fingerprint density at radius 2 is 2.24 bits per heavy atom. The molecule has 3 heterocycles. The molecule has 2 aliphatic rings. The van der Waals surface area contributed by atoms with Crippen molar-refractivity contribution in [2.24, 2.45) is 4.99 Å². The van der Waals surface area contributed by atoms with Gasteiger partial charge in [-0.1, -0.05) is 6.08 Å². The van der Waals surface area contributed by atoms with E-state index in [1.807, 2.05) is 12.3 Å². The Morgan fingerprint density at radius 3 is 3.07 bits per heavy atom. The molecule has 3 rings (SSSR count). The monoisotopic (exact) mass is 513 g/mol. The minimum atomic E-state index is -0.231. The summed E-state index contributed by atoms with van der Waals surface area (Å²) < 4.78 is 8.21. The molecule has 8 nitrogen and oxygen atoms in total. The van der Waals surface area contributed by atoms with Crippen LogP contribution in [0.15, 0.2) is 33.3 Å². The summed E-state index contributed by atoms with van der Waals surface area (Å²) in [5.74, 6) is 1.38. The molecule has 160 valence electrons. The van der Waals surface area contributed by atoms with Crippen molar-refractivity contribution in [2.75, 3.05) is 36.0 Å². The Bertz CT molecular complexity index is 741. The molecule has 2 aliphatic heterocycles. The van der Waals surface area contributed by atoms with Gasteiger partial charge in [0.2, 0.25) is 0 Å². The van der Waals surface area contributed by atoms with Crippen molar-refractivity contribution in [1.29, 1.82) is 0 Å². The molecule has 0 spiro atoms. The van der Waals surface area contributed by atoms with E-state index in [2.05, 4.69) is 49.7 Å². The number of alkyl halides is 1. The Kier molecular flexibility index (Phi) is 8.81. The van der Waals surface area contributed by atoms with Crippen LogP contribution < -0.4 is 31.8 Å². The van der Waals surface area contributed by atoms with Crippen LogP contribution in [0, 0.1) is 0 Å². The number of aliphatic hydroxyl groups is 1. The van der Waals surface area contributed by atoms with Crippen molar-refractivity contribution in [1.82, 2.24) is 20.3 Å². The SMILES string of the molecule is CC1(c2ncnc(NCCNC3CC=CC=N3)n2)C=C(OCCCCO)[I-]CC1. The van der Waals surface area contributed by atoms with E-state index in [-0.39, 0.29) is 39.4 Å². The van der Waals surface area contributed by atoms with E-state index in [0.717, 1.165) is 52.8 Å². The number of nitrogens with zero attached hydrogens (tertiary/aromatic N) is 4. The van der Waals surface area contributed by atoms with Gasteiger partial charge in [0.1, 0.15) is 0 Å². The van der Waals surface area contributed by atoms with Gasteiger partial charge < -0.3 is 0 Å². The van der Waals surface area contributed by atoms with E-state index in [1.165, 1.54) is 0 Å². The minimum absolute atomic E-state index is 0.0870. The van der Waals surface area contributed by atoms with E-state index in [4.69, 9.17) is 9.84 Å². The van der Waals surface area contributed by atoms with E-state index >= 15 is 0 Å². The summed E-state index contributed by atoms with van der Waals surface area (Å²) >= 11 is -0.0870. The number of anilines is 1. The summed E-state index contributed by atoms with van der Waals surface area (Å²) in [6, 6.07) is 0. The van der Waals surface area contributed by atoms with Crippen LogP contribution in [0.5, 0.6) is 0 Å². The average molecular weight is 513 g/mol. The van der Waals surface area contributed by atoms with Crippen LogP contribution in [0.1, 0.15) is 38.4 Å². The zero-order valence-corrected chi connectivity index (χ0v) is 19.0. The maximum atomic E-state index is 8.90. The Morgan fingerprint density at radius 1 is 1.31 bits per heavy atom. The fourth-order valence-electron chi connectivity index (χ4n) is 3.03. The molecular formula is C20H30IN6O2-. The van der Waals surface area contributed by atoms with Crippen molar-refractivity contribution in [3.63, 3.8) is 0 Å². The molecule has 0 amide bonds. The predicted octanol–water partition coefficient (Wildman–Crippen LogP) is -1.39. The first kappa shape index (κ1) is 22.1. The van der Waals surface area contributed by atoms with E-state index in [1.54, 1.807) is 6.33 Å². The van der Waals surface area contributed by atoms with Gasteiger partial charge in [-0.3, -0.25) is 0 Å². The number of aromatic nitrogens is 3. The fraction of sp³-hybridized carbons (Fsp3) is 0.600. The summed E-state index contributed by atoms with van der Waals surface area (Å²) in [5.41, 5.74) is -0.231. The Hall–Kier alpha value is -1.59. The van der Waals surface area contributed by atoms with Crippen LogP contribution in [0.25, 0.3) is 0 Å². The molecule has 0 radical (unpaired) electrons. The molecule has 0 aliphatic carbocycles. The summed E-state index contributed by atoms with van der Waals surface area (Å²) in [7, 11) is 0. The molecule has 29 heavy (non-hydrogen) atoms. The predicted molar refractivity (Wildman–Crippen MR) is 110 cm³/mol. The van der Waals surface area contributed by atoms with Gasteiger partial charge >= 0.3 is 164 Å². The van der Waals surface area contributed by atoms with E-state index < -0.39 is 0 Å². The first-order chi connectivity index (χ1) is 14.2. The van der Waals surface area contributed by atoms with Crippen molar-refractivity contribution in [3.8, 4) is 0 Å². The maximum absolute atomic E-state index is 8.90. The zero-order valence-electron chi connectivity index (χ0n) is 16.9. The van der Waals surface area contributed by atoms with Gasteiger partial charge in [0, 0.05) is 6.21 Å². The standard InChI is InChI=1S/C20H30IN6O2/c1-20(7-8-21-16(14-20)29-13-5-4-12-28)18-25-15-26-19(27-18)24-11-10-23-17-6-2-3-9-22-17/h2-3,9,14-15,17,23,28H,4-8,10-13H2,1H3,(H,24,25,26,27)/q-1. The third-order valence-electron chi connectivity index (χ3n) is 4.78. The van der Waals surface area contributed by atoms with Crippen LogP contribution in [0.4, 0.5) is 5.95 Å². The summed E-state index contributed by atoms with van der Waals surface area (Å²) in [6.45, 7) is 4.55. The van der Waals surface area contributed by atoms with Crippen molar-refractivity contribution in [3.05, 3.63) is 34.1 Å². The van der Waals surface area contributed by atoms with Gasteiger partial charge in [-0.25, -0.2) is 0 Å². The van der Waals surface area contributed by atoms with Gasteiger partial charge in [0.05, 0.1) is 0 Å². The number of unbranched alkanes of at least 4 members (excludes halogenated alkanes) is 1. The van der Waals surface area contributed by atoms with Crippen LogP contribution in [-0.4, -0.2) is 63.2 Å². The summed E-state index contributed by atoms with van der Waals surface area (Å²) in [6.07, 6.45) is 13.5. The first-order valence-electron chi connectivity index (χ1n) is 10.1. The molecule has 1 aromatic rings. The van der Waals surface area contributed by atoms with Crippen molar-refractivity contribution >= 4 is 12.2 Å². The average Bonchev–Trinajstić information content (AvgIpc) is 2.75. The molecule has 0 aromatic carbocycles. The van der Waals surface area contributed by atoms with Gasteiger partial charge in [-0.15, -0.1) is 0 Å². The molecule has 0 saturated heterocycles. The molecule has 1 aromatic heterocycles. The van der Waals surface area contributed by atoms with Crippen LogP contribution in [0.3, 0.4) is 0 Å². The summed E-state index contributed by atoms with van der Waals surface area (Å²) in [5, 5.41) is 15.6. The van der Waals surface area contributed by atoms with Gasteiger partial charge in [-0.2, -0.15) is 0 Å². The van der Waals surface area contributed by atoms with Gasteiger partial charge in [0.15, 0.2) is 0 Å². The number of hydrogen-bond donors (Lipinski definition) is 3. The number of hydrogen-bond acceptors (Lipinski definition) is 8. The summed E-state index contributed by atoms with van der Waals surface area (Å²) in [4.78, 5) is 17.8. The quantitative estimate of drug-likeness (QED) is 0.190. The van der Waals surface area contributed by atoms with Crippen LogP contribution in [0.2, 0.25) is 0 Å². The van der Waals surface area contributed by atoms with Gasteiger partial charge in [-0.05, 0) is 6.08 Å². The Balaban J connectivity index is 1.53. The number of aliphatic hydroxyl groups excluding tert-OH is 1. The fourth-order valence-corrected chi connectivity index (χ4v) is 6.30. The number of allylic oxidation sites excluding steroid dienone is 2. The first-order valence-corrected chi connectivity index (χ1v) is 12.7. The zero-order chi connectivity index (χ0) is 20.4. The molecule has 3 N–H and O–H groups in total. The normalized spacial score (nSPS) is 23.9.